The lowest BCUT2D eigenvalue weighted by Gasteiger charge is -2.21. The molecule has 0 saturated carbocycles. The lowest BCUT2D eigenvalue weighted by molar-refractivity contribution is 0.489. The van der Waals surface area contributed by atoms with Crippen molar-refractivity contribution >= 4 is 15.9 Å². The molecule has 21 heavy (non-hydrogen) atoms. The maximum absolute atomic E-state index is 4.43. The zero-order valence-electron chi connectivity index (χ0n) is 13.1. The highest BCUT2D eigenvalue weighted by Crippen LogP contribution is 2.25. The Morgan fingerprint density at radius 2 is 2.19 bits per heavy atom. The molecule has 1 N–H and O–H groups in total. The van der Waals surface area contributed by atoms with Gasteiger partial charge in [0.15, 0.2) is 0 Å². The first-order valence-corrected chi connectivity index (χ1v) is 8.36. The number of nitrogens with one attached hydrogen (secondary N) is 1. The van der Waals surface area contributed by atoms with Gasteiger partial charge in [-0.25, -0.2) is 4.98 Å². The summed E-state index contributed by atoms with van der Waals surface area (Å²) in [5.41, 5.74) is 2.72. The molecule has 0 bridgehead atoms. The molecule has 2 rings (SSSR count). The Bertz CT molecular complexity index is 577. The SMILES string of the molecule is CCCNC(CCc1nccn1C)c1cc(Br)ccc1C. The molecule has 0 saturated heterocycles. The van der Waals surface area contributed by atoms with E-state index in [-0.39, 0.29) is 0 Å². The molecule has 1 unspecified atom stereocenters. The van der Waals surface area contributed by atoms with Gasteiger partial charge in [0.25, 0.3) is 0 Å². The van der Waals surface area contributed by atoms with Gasteiger partial charge in [0, 0.05) is 36.4 Å². The van der Waals surface area contributed by atoms with Crippen LogP contribution in [0.5, 0.6) is 0 Å². The maximum atomic E-state index is 4.43. The molecule has 0 aliphatic rings. The number of nitrogens with zero attached hydrogens (tertiary/aromatic N) is 2. The smallest absolute Gasteiger partial charge is 0.108 e. The van der Waals surface area contributed by atoms with Crippen molar-refractivity contribution in [3.8, 4) is 0 Å². The van der Waals surface area contributed by atoms with E-state index in [1.165, 1.54) is 11.1 Å². The average Bonchev–Trinajstić information content (AvgIpc) is 2.87. The fourth-order valence-corrected chi connectivity index (χ4v) is 2.96. The van der Waals surface area contributed by atoms with Crippen LogP contribution in [0.15, 0.2) is 35.1 Å². The van der Waals surface area contributed by atoms with Gasteiger partial charge in [-0.15, -0.1) is 0 Å². The number of aromatic nitrogens is 2. The van der Waals surface area contributed by atoms with Crippen molar-refractivity contribution in [1.82, 2.24) is 14.9 Å². The standard InChI is InChI=1S/C17H24BrN3/c1-4-9-19-16(7-8-17-20-10-11-21(17)3)15-12-14(18)6-5-13(15)2/h5-6,10-12,16,19H,4,7-9H2,1-3H3. The van der Waals surface area contributed by atoms with Gasteiger partial charge in [-0.3, -0.25) is 0 Å². The summed E-state index contributed by atoms with van der Waals surface area (Å²) in [7, 11) is 2.06. The third-order valence-corrected chi connectivity index (χ3v) is 4.33. The molecule has 4 heteroatoms. The normalized spacial score (nSPS) is 12.6. The highest BCUT2D eigenvalue weighted by Gasteiger charge is 2.14. The van der Waals surface area contributed by atoms with Crippen LogP contribution in [0.3, 0.4) is 0 Å². The van der Waals surface area contributed by atoms with Crippen LogP contribution in [0.1, 0.15) is 42.8 Å². The predicted octanol–water partition coefficient (Wildman–Crippen LogP) is 4.16. The van der Waals surface area contributed by atoms with E-state index in [9.17, 15) is 0 Å². The quantitative estimate of drug-likeness (QED) is 0.812. The number of rotatable bonds is 7. The van der Waals surface area contributed by atoms with Crippen LogP contribution in [0.4, 0.5) is 0 Å². The fraction of sp³-hybridized carbons (Fsp3) is 0.471. The van der Waals surface area contributed by atoms with Crippen molar-refractivity contribution in [2.45, 2.75) is 39.2 Å². The Balaban J connectivity index is 2.13. The van der Waals surface area contributed by atoms with Crippen LogP contribution in [-0.2, 0) is 13.5 Å². The van der Waals surface area contributed by atoms with E-state index < -0.39 is 0 Å². The maximum Gasteiger partial charge on any atom is 0.108 e. The summed E-state index contributed by atoms with van der Waals surface area (Å²) in [6.45, 7) is 5.43. The minimum atomic E-state index is 0.374. The molecule has 0 aliphatic heterocycles. The summed E-state index contributed by atoms with van der Waals surface area (Å²) >= 11 is 3.59. The molecular formula is C17H24BrN3. The van der Waals surface area contributed by atoms with Crippen LogP contribution in [-0.4, -0.2) is 16.1 Å². The number of benzene rings is 1. The molecule has 0 aliphatic carbocycles. The number of aryl methyl sites for hydroxylation is 3. The van der Waals surface area contributed by atoms with Gasteiger partial charge in [-0.05, 0) is 49.6 Å². The first-order valence-electron chi connectivity index (χ1n) is 7.57. The molecule has 2 aromatic rings. The Hall–Kier alpha value is -1.13. The number of hydrogen-bond donors (Lipinski definition) is 1. The lowest BCUT2D eigenvalue weighted by atomic mass is 9.97. The van der Waals surface area contributed by atoms with Gasteiger partial charge in [0.05, 0.1) is 0 Å². The van der Waals surface area contributed by atoms with Crippen molar-refractivity contribution < 1.29 is 0 Å². The van der Waals surface area contributed by atoms with Crippen molar-refractivity contribution in [1.29, 1.82) is 0 Å². The number of imidazole rings is 1. The molecule has 0 radical (unpaired) electrons. The second kappa shape index (κ2) is 7.76. The number of halogens is 1. The molecule has 1 atom stereocenters. The summed E-state index contributed by atoms with van der Waals surface area (Å²) in [5, 5.41) is 3.68. The highest BCUT2D eigenvalue weighted by atomic mass is 79.9. The van der Waals surface area contributed by atoms with Crippen molar-refractivity contribution in [3.05, 3.63) is 52.0 Å². The van der Waals surface area contributed by atoms with E-state index in [1.807, 2.05) is 12.4 Å². The monoisotopic (exact) mass is 349 g/mol. The Morgan fingerprint density at radius 1 is 1.38 bits per heavy atom. The van der Waals surface area contributed by atoms with Crippen molar-refractivity contribution in [3.63, 3.8) is 0 Å². The lowest BCUT2D eigenvalue weighted by Crippen LogP contribution is -2.24. The largest absolute Gasteiger partial charge is 0.338 e. The van der Waals surface area contributed by atoms with Crippen LogP contribution in [0.25, 0.3) is 0 Å². The van der Waals surface area contributed by atoms with E-state index in [0.29, 0.717) is 6.04 Å². The van der Waals surface area contributed by atoms with E-state index in [1.54, 1.807) is 0 Å². The zero-order chi connectivity index (χ0) is 15.2. The van der Waals surface area contributed by atoms with Crippen LogP contribution < -0.4 is 5.32 Å². The first kappa shape index (κ1) is 16.2. The Morgan fingerprint density at radius 3 is 2.86 bits per heavy atom. The van der Waals surface area contributed by atoms with E-state index in [4.69, 9.17) is 0 Å². The van der Waals surface area contributed by atoms with Crippen LogP contribution in [0.2, 0.25) is 0 Å². The van der Waals surface area contributed by atoms with Gasteiger partial charge >= 0.3 is 0 Å². The summed E-state index contributed by atoms with van der Waals surface area (Å²) in [6, 6.07) is 6.90. The topological polar surface area (TPSA) is 29.9 Å². The van der Waals surface area contributed by atoms with Crippen molar-refractivity contribution in [2.75, 3.05) is 6.54 Å². The molecule has 1 aromatic heterocycles. The van der Waals surface area contributed by atoms with Gasteiger partial charge in [0.2, 0.25) is 0 Å². The van der Waals surface area contributed by atoms with Crippen molar-refractivity contribution in [2.24, 2.45) is 7.05 Å². The predicted molar refractivity (Wildman–Crippen MR) is 91.4 cm³/mol. The van der Waals surface area contributed by atoms with E-state index >= 15 is 0 Å². The molecule has 3 nitrogen and oxygen atoms in total. The molecule has 0 amide bonds. The van der Waals surface area contributed by atoms with Gasteiger partial charge in [0.1, 0.15) is 5.82 Å². The molecular weight excluding hydrogens is 326 g/mol. The van der Waals surface area contributed by atoms with Gasteiger partial charge < -0.3 is 9.88 Å². The number of hydrogen-bond acceptors (Lipinski definition) is 2. The van der Waals surface area contributed by atoms with Crippen LogP contribution >= 0.6 is 15.9 Å². The summed E-state index contributed by atoms with van der Waals surface area (Å²) in [6.07, 6.45) is 7.06. The molecule has 0 spiro atoms. The molecule has 1 aromatic carbocycles. The minimum absolute atomic E-state index is 0.374. The summed E-state index contributed by atoms with van der Waals surface area (Å²) < 4.78 is 3.24. The first-order chi connectivity index (χ1) is 10.1. The molecule has 1 heterocycles. The second-order valence-corrected chi connectivity index (χ2v) is 6.42. The minimum Gasteiger partial charge on any atom is -0.338 e. The second-order valence-electron chi connectivity index (χ2n) is 5.50. The molecule has 114 valence electrons. The van der Waals surface area contributed by atoms with Gasteiger partial charge in [-0.1, -0.05) is 28.9 Å². The molecule has 0 fully saturated rings. The van der Waals surface area contributed by atoms with Crippen LogP contribution in [0, 0.1) is 6.92 Å². The van der Waals surface area contributed by atoms with E-state index in [0.717, 1.165) is 36.1 Å². The van der Waals surface area contributed by atoms with E-state index in [2.05, 4.69) is 69.9 Å². The highest BCUT2D eigenvalue weighted by molar-refractivity contribution is 9.10. The summed E-state index contributed by atoms with van der Waals surface area (Å²) in [5.74, 6) is 1.14. The Labute approximate surface area is 135 Å². The fourth-order valence-electron chi connectivity index (χ4n) is 2.58. The average molecular weight is 350 g/mol. The Kier molecular flexibility index (Phi) is 6.00. The summed E-state index contributed by atoms with van der Waals surface area (Å²) in [4.78, 5) is 4.43. The zero-order valence-corrected chi connectivity index (χ0v) is 14.7. The third-order valence-electron chi connectivity index (χ3n) is 3.84. The van der Waals surface area contributed by atoms with Gasteiger partial charge in [-0.2, -0.15) is 0 Å². The third kappa shape index (κ3) is 4.42.